The lowest BCUT2D eigenvalue weighted by atomic mass is 9.75. The standard InChI is InChI=1S/C54H86N4O9/c1-51(2)39-43(40-52(3,4)57(51)62)49(59)66-37-25-21-17-13-9-11-15-19-23-35-64-47-31-27-45(28-32-47)55-56(61)46-29-33-48(34-30-46)65-36-24-20-16-12-10-14-18-22-26-38-67-50(60)44-41-53(5,6)58(63)54(7,8)42-44/h27-34,43-44H,9-26,35-42H2,1-8H3. The van der Waals surface area contributed by atoms with E-state index in [2.05, 4.69) is 5.11 Å². The number of rotatable bonds is 30. The maximum Gasteiger partial charge on any atom is 0.309 e. The molecule has 376 valence electrons. The zero-order chi connectivity index (χ0) is 48.9. The molecule has 67 heavy (non-hydrogen) atoms. The molecule has 0 aromatic heterocycles. The molecule has 0 N–H and O–H groups in total. The fourth-order valence-corrected chi connectivity index (χ4v) is 10.1. The highest BCUT2D eigenvalue weighted by Crippen LogP contribution is 2.42. The van der Waals surface area contributed by atoms with Crippen LogP contribution in [-0.4, -0.2) is 75.5 Å². The molecule has 0 saturated carbocycles. The summed E-state index contributed by atoms with van der Waals surface area (Å²) in [6, 6.07) is 14.3. The first-order chi connectivity index (χ1) is 31.8. The van der Waals surface area contributed by atoms with Crippen LogP contribution in [0.1, 0.15) is 197 Å². The smallest absolute Gasteiger partial charge is 0.309 e. The van der Waals surface area contributed by atoms with Crippen molar-refractivity contribution in [2.75, 3.05) is 26.4 Å². The number of piperidine rings is 2. The number of ether oxygens (including phenoxy) is 4. The summed E-state index contributed by atoms with van der Waals surface area (Å²) in [5.41, 5.74) is -1.27. The molecule has 0 spiro atoms. The van der Waals surface area contributed by atoms with Crippen molar-refractivity contribution in [3.05, 3.63) is 53.7 Å². The quantitative estimate of drug-likeness (QED) is 0.0245. The van der Waals surface area contributed by atoms with E-state index in [1.165, 1.54) is 51.4 Å². The first kappa shape index (κ1) is 55.8. The number of carbonyl (C=O) groups is 2. The van der Waals surface area contributed by atoms with Gasteiger partial charge in [-0.2, -0.15) is 0 Å². The Morgan fingerprint density at radius 2 is 0.776 bits per heavy atom. The van der Waals surface area contributed by atoms with Gasteiger partial charge in [0, 0.05) is 39.4 Å². The second-order valence-electron chi connectivity index (χ2n) is 21.8. The van der Waals surface area contributed by atoms with E-state index in [1.54, 1.807) is 36.4 Å². The summed E-state index contributed by atoms with van der Waals surface area (Å²) in [5, 5.41) is 44.3. The molecule has 2 radical (unpaired) electrons. The van der Waals surface area contributed by atoms with Gasteiger partial charge < -0.3 is 24.2 Å². The van der Waals surface area contributed by atoms with Crippen molar-refractivity contribution in [1.82, 2.24) is 10.1 Å². The lowest BCUT2D eigenvalue weighted by Crippen LogP contribution is -2.59. The molecule has 0 unspecified atom stereocenters. The van der Waals surface area contributed by atoms with Crippen LogP contribution in [0.25, 0.3) is 0 Å². The molecule has 0 atom stereocenters. The Kier molecular flexibility index (Phi) is 22.8. The predicted octanol–water partition coefficient (Wildman–Crippen LogP) is 13.7. The molecule has 2 saturated heterocycles. The van der Waals surface area contributed by atoms with Crippen molar-refractivity contribution in [3.8, 4) is 11.5 Å². The fraction of sp³-hybridized carbons (Fsp3) is 0.741. The van der Waals surface area contributed by atoms with Crippen LogP contribution in [0.3, 0.4) is 0 Å². The minimum Gasteiger partial charge on any atom is -0.594 e. The van der Waals surface area contributed by atoms with E-state index in [0.29, 0.717) is 68.3 Å². The van der Waals surface area contributed by atoms with Gasteiger partial charge in [-0.05, 0) is 143 Å². The average molecular weight is 935 g/mol. The van der Waals surface area contributed by atoms with Crippen molar-refractivity contribution in [1.29, 1.82) is 0 Å². The van der Waals surface area contributed by atoms with Gasteiger partial charge in [0.2, 0.25) is 5.69 Å². The normalized spacial score (nSPS) is 18.7. The van der Waals surface area contributed by atoms with Gasteiger partial charge in [0.25, 0.3) is 0 Å². The summed E-state index contributed by atoms with van der Waals surface area (Å²) < 4.78 is 23.0. The second kappa shape index (κ2) is 27.4. The Morgan fingerprint density at radius 3 is 1.10 bits per heavy atom. The second-order valence-corrected chi connectivity index (χ2v) is 21.8. The minimum atomic E-state index is -0.563. The Balaban J connectivity index is 0.934. The maximum absolute atomic E-state index is 12.7. The summed E-state index contributed by atoms with van der Waals surface area (Å²) in [5.74, 6) is 0.751. The molecule has 2 fully saturated rings. The zero-order valence-corrected chi connectivity index (χ0v) is 42.6. The number of nitrogens with zero attached hydrogens (tertiary/aromatic N) is 4. The van der Waals surface area contributed by atoms with E-state index < -0.39 is 22.2 Å². The van der Waals surface area contributed by atoms with E-state index in [4.69, 9.17) is 18.9 Å². The van der Waals surface area contributed by atoms with E-state index >= 15 is 0 Å². The molecular weight excluding hydrogens is 849 g/mol. The van der Waals surface area contributed by atoms with Crippen molar-refractivity contribution in [2.24, 2.45) is 17.0 Å². The summed E-state index contributed by atoms with van der Waals surface area (Å²) in [6.45, 7) is 17.5. The summed E-state index contributed by atoms with van der Waals surface area (Å²) >= 11 is 0. The number of benzene rings is 2. The molecule has 4 rings (SSSR count). The SMILES string of the molecule is CC1(C)CC(C(=O)OCCCCCCCCCCCOc2ccc(N=[N+]([O-])c3ccc(OCCCCCCCCCCCOC(=O)C4CC(C)(C)N([O])C(C)(C)C4)cc3)cc2)CC(C)(C)N1[O]. The monoisotopic (exact) mass is 935 g/mol. The number of esters is 2. The Labute approximate surface area is 403 Å². The third-order valence-corrected chi connectivity index (χ3v) is 13.6. The van der Waals surface area contributed by atoms with Gasteiger partial charge in [0.1, 0.15) is 17.2 Å². The molecule has 2 aromatic rings. The molecule has 2 aromatic carbocycles. The van der Waals surface area contributed by atoms with Gasteiger partial charge in [0.05, 0.1) is 38.3 Å². The molecular formula is C54H86N4O9. The third kappa shape index (κ3) is 19.3. The number of azo groups is 1. The lowest BCUT2D eigenvalue weighted by molar-refractivity contribution is -0.435. The average Bonchev–Trinajstić information content (AvgIpc) is 3.27. The number of hydroxylamine groups is 4. The molecule has 0 amide bonds. The van der Waals surface area contributed by atoms with Crippen LogP contribution < -0.4 is 9.47 Å². The molecule has 2 aliphatic heterocycles. The number of unbranched alkanes of at least 4 members (excludes halogenated alkanes) is 16. The third-order valence-electron chi connectivity index (χ3n) is 13.6. The highest BCUT2D eigenvalue weighted by Gasteiger charge is 2.49. The van der Waals surface area contributed by atoms with Crippen LogP contribution in [0.2, 0.25) is 0 Å². The number of carbonyl (C=O) groups excluding carboxylic acids is 2. The van der Waals surface area contributed by atoms with Crippen LogP contribution in [0.5, 0.6) is 11.5 Å². The van der Waals surface area contributed by atoms with E-state index in [1.807, 2.05) is 67.5 Å². The van der Waals surface area contributed by atoms with Gasteiger partial charge in [-0.3, -0.25) is 9.59 Å². The van der Waals surface area contributed by atoms with E-state index in [0.717, 1.165) is 85.8 Å². The van der Waals surface area contributed by atoms with Crippen molar-refractivity contribution in [3.63, 3.8) is 0 Å². The van der Waals surface area contributed by atoms with Gasteiger partial charge in [-0.15, -0.1) is 20.5 Å². The maximum atomic E-state index is 12.7. The van der Waals surface area contributed by atoms with E-state index in [9.17, 15) is 25.2 Å². The molecule has 13 heteroatoms. The van der Waals surface area contributed by atoms with Crippen LogP contribution in [0, 0.1) is 17.0 Å². The number of hydrogen-bond donors (Lipinski definition) is 0. The largest absolute Gasteiger partial charge is 0.594 e. The summed E-state index contributed by atoms with van der Waals surface area (Å²) in [6.07, 6.45) is 22.1. The molecule has 0 bridgehead atoms. The number of hydrogen-bond acceptors (Lipinski definition) is 10. The minimum absolute atomic E-state index is 0.156. The van der Waals surface area contributed by atoms with Gasteiger partial charge >= 0.3 is 11.9 Å². The van der Waals surface area contributed by atoms with Gasteiger partial charge in [-0.25, -0.2) is 0 Å². The van der Waals surface area contributed by atoms with E-state index in [-0.39, 0.29) is 23.8 Å². The van der Waals surface area contributed by atoms with Crippen molar-refractivity contribution < 1.29 is 43.8 Å². The highest BCUT2D eigenvalue weighted by atomic mass is 16.5. The molecule has 13 nitrogen and oxygen atoms in total. The molecule has 2 heterocycles. The van der Waals surface area contributed by atoms with Crippen molar-refractivity contribution in [2.45, 2.75) is 219 Å². The van der Waals surface area contributed by atoms with Crippen LogP contribution in [0.15, 0.2) is 53.6 Å². The molecule has 2 aliphatic rings. The molecule has 0 aliphatic carbocycles. The van der Waals surface area contributed by atoms with Gasteiger partial charge in [0.15, 0.2) is 0 Å². The Hall–Kier alpha value is -3.78. The zero-order valence-electron chi connectivity index (χ0n) is 42.6. The van der Waals surface area contributed by atoms with Crippen molar-refractivity contribution >= 4 is 23.3 Å². The van der Waals surface area contributed by atoms with Crippen LogP contribution >= 0.6 is 0 Å². The summed E-state index contributed by atoms with van der Waals surface area (Å²) in [7, 11) is 0. The first-order valence-corrected chi connectivity index (χ1v) is 25.7. The topological polar surface area (TPSA) is 156 Å². The lowest BCUT2D eigenvalue weighted by Gasteiger charge is -2.49. The Morgan fingerprint density at radius 1 is 0.493 bits per heavy atom. The first-order valence-electron chi connectivity index (χ1n) is 25.7. The fourth-order valence-electron chi connectivity index (χ4n) is 10.1. The van der Waals surface area contributed by atoms with Gasteiger partial charge in [-0.1, -0.05) is 94.8 Å². The highest BCUT2D eigenvalue weighted by molar-refractivity contribution is 5.73. The summed E-state index contributed by atoms with van der Waals surface area (Å²) in [4.78, 5) is 26.0. The van der Waals surface area contributed by atoms with Crippen LogP contribution in [0.4, 0.5) is 11.4 Å². The van der Waals surface area contributed by atoms with Crippen LogP contribution in [-0.2, 0) is 29.5 Å². The Bertz CT molecular complexity index is 1740. The predicted molar refractivity (Wildman–Crippen MR) is 261 cm³/mol.